The molecule has 17 heavy (non-hydrogen) atoms. The maximum atomic E-state index is 11.0. The number of nitrogens with zero attached hydrogens (tertiary/aromatic N) is 1. The van der Waals surface area contributed by atoms with Crippen molar-refractivity contribution >= 4 is 27.3 Å². The summed E-state index contributed by atoms with van der Waals surface area (Å²) in [5.74, 6) is 0. The molecule has 92 valence electrons. The van der Waals surface area contributed by atoms with E-state index in [0.29, 0.717) is 5.69 Å². The Bertz CT molecular complexity index is 439. The molecule has 1 aliphatic carbocycles. The Morgan fingerprint density at radius 3 is 2.71 bits per heavy atom. The molecule has 0 heterocycles. The molecule has 5 heteroatoms. The predicted octanol–water partition coefficient (Wildman–Crippen LogP) is 4.10. The lowest BCUT2D eigenvalue weighted by Crippen LogP contribution is -2.44. The highest BCUT2D eigenvalue weighted by atomic mass is 79.9. The van der Waals surface area contributed by atoms with Crippen molar-refractivity contribution in [3.8, 4) is 0 Å². The molecule has 0 bridgehead atoms. The molecule has 0 aromatic heterocycles. The molecule has 1 N–H and O–H groups in total. The number of anilines is 1. The first kappa shape index (κ1) is 12.4. The standard InChI is InChI=1S/C12H15BrN2O2/c1-2-12(6-3-7-12)14-10-8-9(13)4-5-11(10)15(16)17/h4-5,8,14H,2-3,6-7H2,1H3. The third-order valence-electron chi connectivity index (χ3n) is 3.54. The second-order valence-electron chi connectivity index (χ2n) is 4.53. The van der Waals surface area contributed by atoms with Gasteiger partial charge in [-0.3, -0.25) is 10.1 Å². The van der Waals surface area contributed by atoms with Crippen molar-refractivity contribution in [1.29, 1.82) is 0 Å². The van der Waals surface area contributed by atoms with Gasteiger partial charge in [0, 0.05) is 16.1 Å². The van der Waals surface area contributed by atoms with E-state index < -0.39 is 0 Å². The van der Waals surface area contributed by atoms with E-state index in [1.807, 2.05) is 0 Å². The van der Waals surface area contributed by atoms with Gasteiger partial charge in [0.1, 0.15) is 5.69 Å². The highest BCUT2D eigenvalue weighted by molar-refractivity contribution is 9.10. The number of hydrogen-bond acceptors (Lipinski definition) is 3. The summed E-state index contributed by atoms with van der Waals surface area (Å²) >= 11 is 3.35. The van der Waals surface area contributed by atoms with Crippen LogP contribution in [0.3, 0.4) is 0 Å². The molecule has 1 fully saturated rings. The van der Waals surface area contributed by atoms with Gasteiger partial charge in [-0.25, -0.2) is 0 Å². The summed E-state index contributed by atoms with van der Waals surface area (Å²) in [7, 11) is 0. The minimum Gasteiger partial charge on any atom is -0.374 e. The van der Waals surface area contributed by atoms with Gasteiger partial charge in [0.2, 0.25) is 0 Å². The van der Waals surface area contributed by atoms with Gasteiger partial charge in [0.15, 0.2) is 0 Å². The van der Waals surface area contributed by atoms with Crippen LogP contribution in [0.15, 0.2) is 22.7 Å². The highest BCUT2D eigenvalue weighted by Crippen LogP contribution is 2.40. The van der Waals surface area contributed by atoms with E-state index in [2.05, 4.69) is 28.2 Å². The fourth-order valence-corrected chi connectivity index (χ4v) is 2.58. The zero-order valence-electron chi connectivity index (χ0n) is 9.70. The Kier molecular flexibility index (Phi) is 3.38. The molecule has 1 aromatic rings. The minimum atomic E-state index is -0.337. The minimum absolute atomic E-state index is 0.0611. The topological polar surface area (TPSA) is 55.2 Å². The van der Waals surface area contributed by atoms with Crippen molar-refractivity contribution in [2.24, 2.45) is 0 Å². The molecule has 1 aliphatic rings. The van der Waals surface area contributed by atoms with E-state index in [4.69, 9.17) is 0 Å². The molecule has 0 aliphatic heterocycles. The lowest BCUT2D eigenvalue weighted by molar-refractivity contribution is -0.384. The van der Waals surface area contributed by atoms with Gasteiger partial charge < -0.3 is 5.32 Å². The number of rotatable bonds is 4. The third kappa shape index (κ3) is 2.44. The number of benzene rings is 1. The van der Waals surface area contributed by atoms with Gasteiger partial charge >= 0.3 is 0 Å². The highest BCUT2D eigenvalue weighted by Gasteiger charge is 2.36. The van der Waals surface area contributed by atoms with Gasteiger partial charge in [-0.15, -0.1) is 0 Å². The van der Waals surface area contributed by atoms with Crippen LogP contribution >= 0.6 is 15.9 Å². The summed E-state index contributed by atoms with van der Waals surface area (Å²) in [5, 5.41) is 14.3. The summed E-state index contributed by atoms with van der Waals surface area (Å²) in [6.07, 6.45) is 4.37. The SMILES string of the molecule is CCC1(Nc2cc(Br)ccc2[N+](=O)[O-])CCC1. The number of halogens is 1. The Hall–Kier alpha value is -1.10. The average Bonchev–Trinajstić information content (AvgIpc) is 2.23. The molecule has 2 rings (SSSR count). The molecular weight excluding hydrogens is 284 g/mol. The molecule has 0 spiro atoms. The van der Waals surface area contributed by atoms with Gasteiger partial charge in [-0.05, 0) is 37.8 Å². The zero-order chi connectivity index (χ0) is 12.5. The summed E-state index contributed by atoms with van der Waals surface area (Å²) in [6, 6.07) is 5.02. The first-order chi connectivity index (χ1) is 8.06. The lowest BCUT2D eigenvalue weighted by Gasteiger charge is -2.42. The van der Waals surface area contributed by atoms with Gasteiger partial charge in [-0.2, -0.15) is 0 Å². The fraction of sp³-hybridized carbons (Fsp3) is 0.500. The van der Waals surface area contributed by atoms with Crippen LogP contribution in [-0.2, 0) is 0 Å². The lowest BCUT2D eigenvalue weighted by atomic mass is 9.74. The first-order valence-corrected chi connectivity index (χ1v) is 6.58. The van der Waals surface area contributed by atoms with Crippen molar-refractivity contribution in [2.75, 3.05) is 5.32 Å². The Labute approximate surface area is 109 Å². The smallest absolute Gasteiger partial charge is 0.292 e. The molecule has 4 nitrogen and oxygen atoms in total. The van der Waals surface area contributed by atoms with Crippen LogP contribution in [0, 0.1) is 10.1 Å². The van der Waals surface area contributed by atoms with E-state index in [1.54, 1.807) is 12.1 Å². The molecule has 0 saturated heterocycles. The summed E-state index contributed by atoms with van der Waals surface area (Å²) in [5.41, 5.74) is 0.824. The second-order valence-corrected chi connectivity index (χ2v) is 5.45. The van der Waals surface area contributed by atoms with Crippen LogP contribution in [0.1, 0.15) is 32.6 Å². The maximum Gasteiger partial charge on any atom is 0.292 e. The number of nitrogens with one attached hydrogen (secondary N) is 1. The molecule has 0 atom stereocenters. The van der Waals surface area contributed by atoms with Crippen molar-refractivity contribution in [3.63, 3.8) is 0 Å². The van der Waals surface area contributed by atoms with E-state index in [-0.39, 0.29) is 16.1 Å². The normalized spacial score (nSPS) is 17.3. The Morgan fingerprint density at radius 2 is 2.24 bits per heavy atom. The van der Waals surface area contributed by atoms with E-state index in [0.717, 1.165) is 23.7 Å². The monoisotopic (exact) mass is 298 g/mol. The molecule has 0 amide bonds. The largest absolute Gasteiger partial charge is 0.374 e. The fourth-order valence-electron chi connectivity index (χ4n) is 2.22. The van der Waals surface area contributed by atoms with Crippen LogP contribution in [0.25, 0.3) is 0 Å². The van der Waals surface area contributed by atoms with Crippen LogP contribution in [-0.4, -0.2) is 10.5 Å². The van der Waals surface area contributed by atoms with E-state index >= 15 is 0 Å². The van der Waals surface area contributed by atoms with E-state index in [1.165, 1.54) is 12.5 Å². The van der Waals surface area contributed by atoms with Crippen molar-refractivity contribution in [1.82, 2.24) is 0 Å². The third-order valence-corrected chi connectivity index (χ3v) is 4.04. The van der Waals surface area contributed by atoms with Gasteiger partial charge in [-0.1, -0.05) is 22.9 Å². The first-order valence-electron chi connectivity index (χ1n) is 5.78. The van der Waals surface area contributed by atoms with Crippen molar-refractivity contribution in [2.45, 2.75) is 38.1 Å². The van der Waals surface area contributed by atoms with Crippen molar-refractivity contribution < 1.29 is 4.92 Å². The maximum absolute atomic E-state index is 11.0. The summed E-state index contributed by atoms with van der Waals surface area (Å²) in [4.78, 5) is 10.6. The predicted molar refractivity (Wildman–Crippen MR) is 71.3 cm³/mol. The van der Waals surface area contributed by atoms with Crippen LogP contribution in [0.4, 0.5) is 11.4 Å². The van der Waals surface area contributed by atoms with Crippen LogP contribution < -0.4 is 5.32 Å². The summed E-state index contributed by atoms with van der Waals surface area (Å²) < 4.78 is 0.858. The molecule has 1 saturated carbocycles. The Balaban J connectivity index is 2.30. The second kappa shape index (κ2) is 4.64. The molecule has 0 unspecified atom stereocenters. The molecule has 0 radical (unpaired) electrons. The van der Waals surface area contributed by atoms with Crippen LogP contribution in [0.5, 0.6) is 0 Å². The quantitative estimate of drug-likeness (QED) is 0.672. The zero-order valence-corrected chi connectivity index (χ0v) is 11.3. The molecular formula is C12H15BrN2O2. The van der Waals surface area contributed by atoms with Crippen LogP contribution in [0.2, 0.25) is 0 Å². The average molecular weight is 299 g/mol. The number of nitro groups is 1. The number of nitro benzene ring substituents is 1. The summed E-state index contributed by atoms with van der Waals surface area (Å²) in [6.45, 7) is 2.12. The van der Waals surface area contributed by atoms with Crippen molar-refractivity contribution in [3.05, 3.63) is 32.8 Å². The van der Waals surface area contributed by atoms with Gasteiger partial charge in [0.25, 0.3) is 5.69 Å². The van der Waals surface area contributed by atoms with E-state index in [9.17, 15) is 10.1 Å². The molecule has 1 aromatic carbocycles. The van der Waals surface area contributed by atoms with Gasteiger partial charge in [0.05, 0.1) is 4.92 Å². The number of hydrogen-bond donors (Lipinski definition) is 1. The Morgan fingerprint density at radius 1 is 1.53 bits per heavy atom.